The molecule has 6 heterocycles. The van der Waals surface area contributed by atoms with Gasteiger partial charge >= 0.3 is 0 Å². The van der Waals surface area contributed by atoms with Crippen molar-refractivity contribution in [3.63, 3.8) is 0 Å². The molecule has 18 heteroatoms. The number of nitrogens with one attached hydrogen (secondary N) is 4. The molecular weight excluding hydrogens is 787 g/mol. The van der Waals surface area contributed by atoms with Gasteiger partial charge in [0.1, 0.15) is 18.5 Å². The van der Waals surface area contributed by atoms with E-state index in [9.17, 15) is 0 Å². The SMILES string of the molecule is CN=C1NC(N(C)CCc2ccc(C)s2)=NC(CN(CCc2ccc(C)s2)C2=NC(CCN(CCc3ccc(C)s3)C3=NC(C)N=C(N(C)C)N3)N=C(N(C)C)N2)N1. The van der Waals surface area contributed by atoms with Crippen molar-refractivity contribution >= 4 is 69.8 Å². The van der Waals surface area contributed by atoms with E-state index in [-0.39, 0.29) is 18.5 Å². The molecule has 3 aliphatic rings. The first-order valence-electron chi connectivity index (χ1n) is 20.0. The van der Waals surface area contributed by atoms with Crippen molar-refractivity contribution in [2.75, 3.05) is 75.0 Å². The van der Waals surface area contributed by atoms with Crippen LogP contribution in [0, 0.1) is 20.8 Å². The van der Waals surface area contributed by atoms with E-state index in [1.54, 1.807) is 7.05 Å². The first-order chi connectivity index (χ1) is 27.8. The summed E-state index contributed by atoms with van der Waals surface area (Å²) in [4.78, 5) is 48.7. The second-order valence-corrected chi connectivity index (χ2v) is 19.3. The lowest BCUT2D eigenvalue weighted by molar-refractivity contribution is 0.350. The average Bonchev–Trinajstić information content (AvgIpc) is 3.95. The lowest BCUT2D eigenvalue weighted by Crippen LogP contribution is -2.60. The van der Waals surface area contributed by atoms with E-state index < -0.39 is 0 Å². The van der Waals surface area contributed by atoms with Crippen molar-refractivity contribution in [3.8, 4) is 0 Å². The minimum atomic E-state index is -0.310. The highest BCUT2D eigenvalue weighted by atomic mass is 32.1. The number of rotatable bonds is 14. The lowest BCUT2D eigenvalue weighted by Gasteiger charge is -2.36. The molecule has 0 saturated carbocycles. The van der Waals surface area contributed by atoms with Gasteiger partial charge < -0.3 is 29.8 Å². The van der Waals surface area contributed by atoms with Gasteiger partial charge in [-0.25, -0.2) is 25.0 Å². The molecule has 15 nitrogen and oxygen atoms in total. The number of aliphatic imine (C=N–C) groups is 6. The molecule has 0 aliphatic carbocycles. The molecule has 6 rings (SSSR count). The van der Waals surface area contributed by atoms with Crippen LogP contribution in [0.5, 0.6) is 0 Å². The first-order valence-corrected chi connectivity index (χ1v) is 22.4. The molecule has 58 heavy (non-hydrogen) atoms. The Bertz CT molecular complexity index is 2020. The molecule has 0 fully saturated rings. The molecule has 0 bridgehead atoms. The van der Waals surface area contributed by atoms with E-state index in [1.165, 1.54) is 29.3 Å². The van der Waals surface area contributed by atoms with Gasteiger partial charge in [-0.3, -0.25) is 20.9 Å². The summed E-state index contributed by atoms with van der Waals surface area (Å²) in [6.45, 7) is 12.2. The van der Waals surface area contributed by atoms with Crippen LogP contribution in [0.15, 0.2) is 66.4 Å². The van der Waals surface area contributed by atoms with E-state index >= 15 is 0 Å². The summed E-state index contributed by atoms with van der Waals surface area (Å²) >= 11 is 5.54. The molecule has 3 aromatic heterocycles. The molecule has 314 valence electrons. The zero-order valence-corrected chi connectivity index (χ0v) is 38.2. The van der Waals surface area contributed by atoms with Crippen LogP contribution in [0.4, 0.5) is 0 Å². The summed E-state index contributed by atoms with van der Waals surface area (Å²) in [7, 11) is 11.9. The van der Waals surface area contributed by atoms with Gasteiger partial charge in [0, 0.05) is 104 Å². The van der Waals surface area contributed by atoms with Crippen LogP contribution < -0.4 is 21.3 Å². The van der Waals surface area contributed by atoms with Crippen LogP contribution in [0.2, 0.25) is 0 Å². The van der Waals surface area contributed by atoms with E-state index in [1.807, 2.05) is 78.9 Å². The van der Waals surface area contributed by atoms with Gasteiger partial charge in [0.05, 0.1) is 6.54 Å². The highest BCUT2D eigenvalue weighted by Crippen LogP contribution is 2.20. The van der Waals surface area contributed by atoms with Crippen LogP contribution >= 0.6 is 34.0 Å². The van der Waals surface area contributed by atoms with Crippen molar-refractivity contribution in [1.82, 2.24) is 45.8 Å². The Morgan fingerprint density at radius 3 is 1.62 bits per heavy atom. The Morgan fingerprint density at radius 1 is 0.586 bits per heavy atom. The molecular formula is C40H61N15S3. The minimum absolute atomic E-state index is 0.183. The summed E-state index contributed by atoms with van der Waals surface area (Å²) < 4.78 is 0. The molecule has 4 N–H and O–H groups in total. The van der Waals surface area contributed by atoms with Crippen LogP contribution in [0.25, 0.3) is 0 Å². The molecule has 3 aromatic rings. The second kappa shape index (κ2) is 19.8. The van der Waals surface area contributed by atoms with Crippen molar-refractivity contribution in [3.05, 3.63) is 65.7 Å². The molecule has 0 aromatic carbocycles. The Labute approximate surface area is 356 Å². The highest BCUT2D eigenvalue weighted by molar-refractivity contribution is 7.12. The summed E-state index contributed by atoms with van der Waals surface area (Å²) in [6.07, 6.45) is 2.69. The largest absolute Gasteiger partial charge is 0.349 e. The molecule has 0 saturated heterocycles. The predicted octanol–water partition coefficient (Wildman–Crippen LogP) is 4.04. The number of likely N-dealkylation sites (N-methyl/N-ethyl adjacent to an activating group) is 1. The molecule has 3 atom stereocenters. The van der Waals surface area contributed by atoms with E-state index in [2.05, 4.69) is 105 Å². The Hall–Kier alpha value is -4.68. The third-order valence-corrected chi connectivity index (χ3v) is 13.0. The first kappa shape index (κ1) is 42.9. The van der Waals surface area contributed by atoms with Gasteiger partial charge in [-0.15, -0.1) is 34.0 Å². The van der Waals surface area contributed by atoms with Gasteiger partial charge in [-0.05, 0) is 83.4 Å². The third-order valence-electron chi connectivity index (χ3n) is 9.84. The van der Waals surface area contributed by atoms with Crippen LogP contribution in [-0.2, 0) is 19.3 Å². The van der Waals surface area contributed by atoms with Crippen LogP contribution in [0.3, 0.4) is 0 Å². The number of guanidine groups is 6. The number of aryl methyl sites for hydroxylation is 3. The maximum absolute atomic E-state index is 5.33. The summed E-state index contributed by atoms with van der Waals surface area (Å²) in [5.41, 5.74) is 0. The predicted molar refractivity (Wildman–Crippen MR) is 246 cm³/mol. The van der Waals surface area contributed by atoms with E-state index in [0.29, 0.717) is 25.5 Å². The van der Waals surface area contributed by atoms with Gasteiger partial charge in [0.2, 0.25) is 29.8 Å². The zero-order chi connectivity index (χ0) is 41.3. The lowest BCUT2D eigenvalue weighted by atomic mass is 10.2. The fraction of sp³-hybridized carbons (Fsp3) is 0.550. The van der Waals surface area contributed by atoms with E-state index in [0.717, 1.165) is 68.7 Å². The Morgan fingerprint density at radius 2 is 1.09 bits per heavy atom. The molecule has 0 radical (unpaired) electrons. The smallest absolute Gasteiger partial charge is 0.203 e. The van der Waals surface area contributed by atoms with Crippen molar-refractivity contribution in [2.45, 2.75) is 71.9 Å². The third kappa shape index (κ3) is 11.9. The van der Waals surface area contributed by atoms with Gasteiger partial charge in [0.15, 0.2) is 5.96 Å². The fourth-order valence-electron chi connectivity index (χ4n) is 6.66. The Kier molecular flexibility index (Phi) is 14.7. The molecule has 3 unspecified atom stereocenters. The number of thiophene rings is 3. The van der Waals surface area contributed by atoms with E-state index in [4.69, 9.17) is 25.0 Å². The summed E-state index contributed by atoms with van der Waals surface area (Å²) in [5, 5.41) is 14.0. The number of hydrogen-bond donors (Lipinski definition) is 4. The maximum atomic E-state index is 5.33. The quantitative estimate of drug-likeness (QED) is 0.190. The monoisotopic (exact) mass is 847 g/mol. The summed E-state index contributed by atoms with van der Waals surface area (Å²) in [5.74, 6) is 4.69. The van der Waals surface area contributed by atoms with Crippen molar-refractivity contribution < 1.29 is 0 Å². The fourth-order valence-corrected chi connectivity index (χ4v) is 9.30. The van der Waals surface area contributed by atoms with Gasteiger partial charge in [-0.1, -0.05) is 0 Å². The normalized spacial score (nSPS) is 19.7. The molecule has 0 spiro atoms. The van der Waals surface area contributed by atoms with Crippen LogP contribution in [-0.4, -0.2) is 154 Å². The number of hydrogen-bond acceptors (Lipinski definition) is 16. The summed E-state index contributed by atoms with van der Waals surface area (Å²) in [6, 6.07) is 13.3. The van der Waals surface area contributed by atoms with Crippen molar-refractivity contribution in [2.24, 2.45) is 30.0 Å². The zero-order valence-electron chi connectivity index (χ0n) is 35.7. The number of nitrogens with zero attached hydrogens (tertiary/aromatic N) is 11. The maximum Gasteiger partial charge on any atom is 0.203 e. The molecule has 0 amide bonds. The Balaban J connectivity index is 1.24. The second-order valence-electron chi connectivity index (χ2n) is 15.2. The van der Waals surface area contributed by atoms with Gasteiger partial charge in [0.25, 0.3) is 0 Å². The molecule has 3 aliphatic heterocycles. The van der Waals surface area contributed by atoms with Crippen LogP contribution in [0.1, 0.15) is 42.6 Å². The average molecular weight is 848 g/mol. The highest BCUT2D eigenvalue weighted by Gasteiger charge is 2.29. The van der Waals surface area contributed by atoms with Gasteiger partial charge in [-0.2, -0.15) is 0 Å². The standard InChI is InChI=1S/C40H61N15S3/c1-26-11-14-30(56-26)17-21-53(10)38-47-34(44-35(41-5)48-38)25-55(23-19-32-16-13-28(3)58-32)40-46-33(45-37(50-40)52(8)9)20-24-54(22-18-31-15-12-27(2)57-31)39-43-29(4)42-36(49-39)51(6)7/h11-16,29,33-34H,17-25H2,1-10H3,(H,42,43,49)(H,45,46,50)(H2,41,44,47,48). The minimum Gasteiger partial charge on any atom is -0.349 e. The van der Waals surface area contributed by atoms with Crippen molar-refractivity contribution in [1.29, 1.82) is 0 Å². The topological polar surface area (TPSA) is 138 Å².